The second kappa shape index (κ2) is 5.14. The summed E-state index contributed by atoms with van der Waals surface area (Å²) in [6.07, 6.45) is 0. The van der Waals surface area contributed by atoms with Gasteiger partial charge in [-0.05, 0) is 6.92 Å². The van der Waals surface area contributed by atoms with Gasteiger partial charge in [0.1, 0.15) is 0 Å². The zero-order valence-corrected chi connectivity index (χ0v) is 11.4. The molecule has 0 saturated heterocycles. The van der Waals surface area contributed by atoms with Crippen molar-refractivity contribution in [3.05, 3.63) is 0 Å². The molecule has 8 heteroatoms. The van der Waals surface area contributed by atoms with Crippen molar-refractivity contribution in [3.63, 3.8) is 0 Å². The topological polar surface area (TPSA) is 123 Å². The van der Waals surface area contributed by atoms with Crippen molar-refractivity contribution in [2.45, 2.75) is 6.92 Å². The number of aliphatic hydroxyl groups is 1. The van der Waals surface area contributed by atoms with Gasteiger partial charge >= 0.3 is 70.4 Å². The van der Waals surface area contributed by atoms with E-state index < -0.39 is 13.6 Å². The molecular weight excluding hydrogens is 392 g/mol. The van der Waals surface area contributed by atoms with E-state index in [1.54, 1.807) is 6.92 Å². The monoisotopic (exact) mass is 404 g/mol. The first-order chi connectivity index (χ1) is 7.39. The van der Waals surface area contributed by atoms with E-state index in [-0.39, 0.29) is 34.7 Å². The van der Waals surface area contributed by atoms with Crippen LogP contribution in [-0.2, 0) is 42.3 Å². The van der Waals surface area contributed by atoms with Crippen LogP contribution in [0.3, 0.4) is 0 Å². The molecule has 1 N–H and O–H groups in total. The summed E-state index contributed by atoms with van der Waals surface area (Å²) in [6, 6.07) is 0. The van der Waals surface area contributed by atoms with Gasteiger partial charge < -0.3 is 5.11 Å². The summed E-state index contributed by atoms with van der Waals surface area (Å²) in [4.78, 5) is 63.4. The number of carbonyl (C=O) groups is 6. The van der Waals surface area contributed by atoms with E-state index in [4.69, 9.17) is 5.11 Å². The molecule has 0 saturated carbocycles. The van der Waals surface area contributed by atoms with Gasteiger partial charge in [-0.25, -0.2) is 0 Å². The van der Waals surface area contributed by atoms with Crippen molar-refractivity contribution < 1.29 is 47.4 Å². The third-order valence-electron chi connectivity index (χ3n) is 1.67. The molecule has 0 aromatic rings. The van der Waals surface area contributed by atoms with Crippen molar-refractivity contribution in [1.82, 2.24) is 0 Å². The predicted octanol–water partition coefficient (Wildman–Crippen LogP) is -1.65. The Morgan fingerprint density at radius 1 is 0.750 bits per heavy atom. The molecule has 0 amide bonds. The number of rotatable bonds is 6. The molecule has 92 valence electrons. The fourth-order valence-corrected chi connectivity index (χ4v) is 2.78. The van der Waals surface area contributed by atoms with E-state index in [1.807, 2.05) is 0 Å². The summed E-state index contributed by atoms with van der Waals surface area (Å²) in [6.45, 7) is 1.93. The molecule has 0 radical (unpaired) electrons. The third kappa shape index (κ3) is 2.10. The summed E-state index contributed by atoms with van der Waals surface area (Å²) in [5.41, 5.74) is 0. The van der Waals surface area contributed by atoms with Gasteiger partial charge in [-0.1, -0.05) is 0 Å². The summed E-state index contributed by atoms with van der Waals surface area (Å²) in [5, 5.41) is 7.57. The maximum atomic E-state index is 10.6. The van der Waals surface area contributed by atoms with E-state index in [9.17, 15) is 28.8 Å². The molecule has 0 aliphatic rings. The van der Waals surface area contributed by atoms with Crippen LogP contribution in [-0.4, -0.2) is 39.8 Å². The summed E-state index contributed by atoms with van der Waals surface area (Å²) < 4.78 is -2.29. The standard InChI is InChI=1S/C2H6O.6CHO.W/c1-2-3;6*1-2;/h3H,2H2,1H3;6*1H;. The second-order valence-corrected chi connectivity index (χ2v) is 21.8. The number of hydrogen-bond acceptors (Lipinski definition) is 7. The molecule has 0 heterocycles. The van der Waals surface area contributed by atoms with Gasteiger partial charge in [0.2, 0.25) is 0 Å². The minimum absolute atomic E-state index is 0.250. The summed E-state index contributed by atoms with van der Waals surface area (Å²) in [7, 11) is 0. The van der Waals surface area contributed by atoms with Crippen LogP contribution in [0.5, 0.6) is 0 Å². The Hall–Kier alpha value is -1.33. The van der Waals surface area contributed by atoms with Crippen molar-refractivity contribution in [2.75, 3.05) is 6.61 Å². The zero-order valence-electron chi connectivity index (χ0n) is 8.48. The van der Waals surface area contributed by atoms with Gasteiger partial charge in [0.25, 0.3) is 0 Å². The molecule has 0 aromatic heterocycles. The van der Waals surface area contributed by atoms with Crippen LogP contribution >= 0.6 is 0 Å². The van der Waals surface area contributed by atoms with Gasteiger partial charge in [0, 0.05) is 6.61 Å². The zero-order chi connectivity index (χ0) is 13.4. The quantitative estimate of drug-likeness (QED) is 0.527. The predicted molar refractivity (Wildman–Crippen MR) is 53.3 cm³/mol. The minimum atomic E-state index is -6.79. The number of hydrogen-bond donors (Lipinski definition) is 1. The van der Waals surface area contributed by atoms with Crippen LogP contribution in [0, 0.1) is 0 Å². The Balaban J connectivity index is 0. The van der Waals surface area contributed by atoms with E-state index in [0.29, 0.717) is 0 Å². The van der Waals surface area contributed by atoms with Crippen molar-refractivity contribution >= 4 is 28.1 Å². The molecule has 0 fully saturated rings. The molecule has 16 heavy (non-hydrogen) atoms. The molecule has 0 aliphatic heterocycles. The van der Waals surface area contributed by atoms with Crippen LogP contribution < -0.4 is 0 Å². The first-order valence-corrected chi connectivity index (χ1v) is 14.0. The van der Waals surface area contributed by atoms with Crippen LogP contribution in [0.4, 0.5) is 0 Å². The average molecular weight is 404 g/mol. The molecule has 0 rings (SSSR count). The molecule has 0 unspecified atom stereocenters. The first kappa shape index (κ1) is 17.1. The van der Waals surface area contributed by atoms with Crippen LogP contribution in [0.25, 0.3) is 0 Å². The van der Waals surface area contributed by atoms with Gasteiger partial charge in [-0.2, -0.15) is 0 Å². The van der Waals surface area contributed by atoms with Crippen molar-refractivity contribution in [2.24, 2.45) is 0 Å². The molecule has 7 nitrogen and oxygen atoms in total. The third-order valence-corrected chi connectivity index (χ3v) is 13.6. The van der Waals surface area contributed by atoms with Gasteiger partial charge in [0.05, 0.1) is 0 Å². The molecule has 0 atom stereocenters. The van der Waals surface area contributed by atoms with Crippen LogP contribution in [0.1, 0.15) is 6.92 Å². The molecule has 0 bridgehead atoms. The normalized spacial score (nSPS) is 13.9. The first-order valence-electron chi connectivity index (χ1n) is 3.85. The molecular formula is C8H12O7W. The Morgan fingerprint density at radius 2 is 0.875 bits per heavy atom. The Kier molecular flexibility index (Phi) is 5.48. The van der Waals surface area contributed by atoms with Gasteiger partial charge in [0.15, 0.2) is 0 Å². The molecule has 0 spiro atoms. The average Bonchev–Trinajstić information content (AvgIpc) is 2.37. The van der Waals surface area contributed by atoms with E-state index in [1.165, 1.54) is 0 Å². The SMILES string of the molecule is CCO.O=[CH][W]([CH]=O)([CH]=O)([CH]=O)([CH]=O)[CH]=O. The van der Waals surface area contributed by atoms with E-state index in [0.717, 1.165) is 0 Å². The van der Waals surface area contributed by atoms with Crippen LogP contribution in [0.15, 0.2) is 0 Å². The fraction of sp³-hybridized carbons (Fsp3) is 0.250. The number of aliphatic hydroxyl groups excluding tert-OH is 1. The number of carbonyl (C=O) groups excluding carboxylic acids is 6. The Labute approximate surface area is 89.3 Å². The van der Waals surface area contributed by atoms with E-state index >= 15 is 0 Å². The summed E-state index contributed by atoms with van der Waals surface area (Å²) >= 11 is -6.79. The summed E-state index contributed by atoms with van der Waals surface area (Å²) in [5.74, 6) is 0. The molecule has 0 aromatic carbocycles. The van der Waals surface area contributed by atoms with Crippen molar-refractivity contribution in [3.8, 4) is 0 Å². The van der Waals surface area contributed by atoms with Crippen molar-refractivity contribution in [1.29, 1.82) is 0 Å². The maximum absolute atomic E-state index is 10.6. The van der Waals surface area contributed by atoms with Crippen LogP contribution in [0.2, 0.25) is 0 Å². The van der Waals surface area contributed by atoms with E-state index in [2.05, 4.69) is 0 Å². The Bertz CT molecular complexity index is 249. The second-order valence-electron chi connectivity index (χ2n) is 2.93. The van der Waals surface area contributed by atoms with Gasteiger partial charge in [-0.15, -0.1) is 0 Å². The Morgan fingerprint density at radius 3 is 0.875 bits per heavy atom. The fourth-order valence-electron chi connectivity index (χ4n) is 0.340. The molecule has 0 aliphatic carbocycles. The van der Waals surface area contributed by atoms with Gasteiger partial charge in [-0.3, -0.25) is 0 Å².